The first-order valence-electron chi connectivity index (χ1n) is 5.53. The van der Waals surface area contributed by atoms with E-state index in [-0.39, 0.29) is 5.82 Å². The number of benzene rings is 1. The molecule has 0 aliphatic heterocycles. The SMILES string of the molecule is Cc1ccc(NCCc2cccc(F)c2)nn1. The Morgan fingerprint density at radius 2 is 2.06 bits per heavy atom. The van der Waals surface area contributed by atoms with E-state index in [1.165, 1.54) is 6.07 Å². The smallest absolute Gasteiger partial charge is 0.148 e. The van der Waals surface area contributed by atoms with Gasteiger partial charge in [-0.1, -0.05) is 12.1 Å². The van der Waals surface area contributed by atoms with E-state index in [0.717, 1.165) is 23.5 Å². The van der Waals surface area contributed by atoms with E-state index >= 15 is 0 Å². The summed E-state index contributed by atoms with van der Waals surface area (Å²) in [6.07, 6.45) is 0.757. The molecule has 0 radical (unpaired) electrons. The second-order valence-electron chi connectivity index (χ2n) is 3.87. The average molecular weight is 231 g/mol. The first-order chi connectivity index (χ1) is 8.24. The highest BCUT2D eigenvalue weighted by atomic mass is 19.1. The van der Waals surface area contributed by atoms with Crippen LogP contribution >= 0.6 is 0 Å². The van der Waals surface area contributed by atoms with Crippen LogP contribution in [0.4, 0.5) is 10.2 Å². The van der Waals surface area contributed by atoms with E-state index in [2.05, 4.69) is 15.5 Å². The minimum absolute atomic E-state index is 0.197. The lowest BCUT2D eigenvalue weighted by Crippen LogP contribution is -2.07. The molecule has 1 heterocycles. The lowest BCUT2D eigenvalue weighted by Gasteiger charge is -2.05. The molecule has 1 aromatic carbocycles. The minimum atomic E-state index is -0.197. The van der Waals surface area contributed by atoms with Crippen LogP contribution < -0.4 is 5.32 Å². The van der Waals surface area contributed by atoms with Crippen LogP contribution in [0.3, 0.4) is 0 Å². The van der Waals surface area contributed by atoms with Gasteiger partial charge in [-0.05, 0) is 43.2 Å². The normalized spacial score (nSPS) is 10.2. The number of nitrogens with zero attached hydrogens (tertiary/aromatic N) is 2. The number of hydrogen-bond donors (Lipinski definition) is 1. The van der Waals surface area contributed by atoms with Gasteiger partial charge in [0.1, 0.15) is 11.6 Å². The number of aryl methyl sites for hydroxylation is 1. The molecule has 0 spiro atoms. The van der Waals surface area contributed by atoms with Crippen LogP contribution in [0.25, 0.3) is 0 Å². The van der Waals surface area contributed by atoms with Gasteiger partial charge in [-0.15, -0.1) is 5.10 Å². The molecule has 0 saturated heterocycles. The fourth-order valence-corrected chi connectivity index (χ4v) is 1.52. The zero-order chi connectivity index (χ0) is 12.1. The molecule has 0 unspecified atom stereocenters. The summed E-state index contributed by atoms with van der Waals surface area (Å²) in [6.45, 7) is 2.60. The van der Waals surface area contributed by atoms with E-state index in [1.54, 1.807) is 12.1 Å². The van der Waals surface area contributed by atoms with Crippen molar-refractivity contribution in [3.8, 4) is 0 Å². The van der Waals surface area contributed by atoms with E-state index in [0.29, 0.717) is 6.54 Å². The maximum Gasteiger partial charge on any atom is 0.148 e. The maximum absolute atomic E-state index is 12.9. The molecule has 4 heteroatoms. The molecule has 2 rings (SSSR count). The molecule has 0 bridgehead atoms. The first kappa shape index (κ1) is 11.5. The van der Waals surface area contributed by atoms with Gasteiger partial charge in [-0.3, -0.25) is 0 Å². The van der Waals surface area contributed by atoms with Gasteiger partial charge < -0.3 is 5.32 Å². The molecule has 1 aromatic heterocycles. The third-order valence-electron chi connectivity index (χ3n) is 2.41. The van der Waals surface area contributed by atoms with Crippen molar-refractivity contribution in [2.24, 2.45) is 0 Å². The number of halogens is 1. The number of rotatable bonds is 4. The van der Waals surface area contributed by atoms with Crippen LogP contribution in [-0.4, -0.2) is 16.7 Å². The summed E-state index contributed by atoms with van der Waals surface area (Å²) < 4.78 is 12.9. The first-order valence-corrected chi connectivity index (χ1v) is 5.53. The topological polar surface area (TPSA) is 37.8 Å². The molecule has 0 atom stereocenters. The van der Waals surface area contributed by atoms with Crippen LogP contribution in [0.1, 0.15) is 11.3 Å². The Hall–Kier alpha value is -1.97. The molecule has 0 fully saturated rings. The third kappa shape index (κ3) is 3.52. The Labute approximate surface area is 99.7 Å². The van der Waals surface area contributed by atoms with Gasteiger partial charge in [-0.2, -0.15) is 5.10 Å². The fourth-order valence-electron chi connectivity index (χ4n) is 1.52. The predicted octanol–water partition coefficient (Wildman–Crippen LogP) is 2.58. The van der Waals surface area contributed by atoms with Crippen molar-refractivity contribution in [1.29, 1.82) is 0 Å². The van der Waals surface area contributed by atoms with Crippen LogP contribution in [0.15, 0.2) is 36.4 Å². The Bertz CT molecular complexity index is 482. The summed E-state index contributed by atoms with van der Waals surface area (Å²) in [4.78, 5) is 0. The van der Waals surface area contributed by atoms with Crippen LogP contribution in [0, 0.1) is 12.7 Å². The Morgan fingerprint density at radius 3 is 2.76 bits per heavy atom. The number of anilines is 1. The molecule has 3 nitrogen and oxygen atoms in total. The van der Waals surface area contributed by atoms with Crippen LogP contribution in [0.5, 0.6) is 0 Å². The largest absolute Gasteiger partial charge is 0.368 e. The van der Waals surface area contributed by atoms with Crippen molar-refractivity contribution in [2.45, 2.75) is 13.3 Å². The highest BCUT2D eigenvalue weighted by Gasteiger charge is 1.97. The number of aromatic nitrogens is 2. The highest BCUT2D eigenvalue weighted by Crippen LogP contribution is 2.05. The average Bonchev–Trinajstić information content (AvgIpc) is 2.32. The third-order valence-corrected chi connectivity index (χ3v) is 2.41. The molecule has 88 valence electrons. The lowest BCUT2D eigenvalue weighted by atomic mass is 10.1. The molecule has 0 saturated carbocycles. The van der Waals surface area contributed by atoms with Crippen molar-refractivity contribution in [1.82, 2.24) is 10.2 Å². The van der Waals surface area contributed by atoms with Crippen molar-refractivity contribution in [3.63, 3.8) is 0 Å². The van der Waals surface area contributed by atoms with Gasteiger partial charge in [0.05, 0.1) is 5.69 Å². The van der Waals surface area contributed by atoms with Gasteiger partial charge >= 0.3 is 0 Å². The molecular formula is C13H14FN3. The Morgan fingerprint density at radius 1 is 1.18 bits per heavy atom. The summed E-state index contributed by atoms with van der Waals surface area (Å²) in [6, 6.07) is 10.4. The lowest BCUT2D eigenvalue weighted by molar-refractivity contribution is 0.625. The van der Waals surface area contributed by atoms with Crippen molar-refractivity contribution < 1.29 is 4.39 Å². The molecule has 0 amide bonds. The van der Waals surface area contributed by atoms with Gasteiger partial charge in [0, 0.05) is 6.54 Å². The molecule has 1 N–H and O–H groups in total. The number of nitrogens with one attached hydrogen (secondary N) is 1. The molecular weight excluding hydrogens is 217 g/mol. The monoisotopic (exact) mass is 231 g/mol. The fraction of sp³-hybridized carbons (Fsp3) is 0.231. The zero-order valence-corrected chi connectivity index (χ0v) is 9.65. The van der Waals surface area contributed by atoms with E-state index < -0.39 is 0 Å². The quantitative estimate of drug-likeness (QED) is 0.878. The summed E-state index contributed by atoms with van der Waals surface area (Å²) in [5.74, 6) is 0.546. The Kier molecular flexibility index (Phi) is 3.65. The van der Waals surface area contributed by atoms with Gasteiger partial charge in [0.25, 0.3) is 0 Å². The van der Waals surface area contributed by atoms with Gasteiger partial charge in [0.2, 0.25) is 0 Å². The van der Waals surface area contributed by atoms with Crippen molar-refractivity contribution in [3.05, 3.63) is 53.5 Å². The molecule has 17 heavy (non-hydrogen) atoms. The van der Waals surface area contributed by atoms with E-state index in [1.807, 2.05) is 25.1 Å². The summed E-state index contributed by atoms with van der Waals surface area (Å²) in [5.41, 5.74) is 1.86. The highest BCUT2D eigenvalue weighted by molar-refractivity contribution is 5.33. The van der Waals surface area contributed by atoms with E-state index in [4.69, 9.17) is 0 Å². The standard InChI is InChI=1S/C13H14FN3/c1-10-5-6-13(17-16-10)15-8-7-11-3-2-4-12(14)9-11/h2-6,9H,7-8H2,1H3,(H,15,17). The summed E-state index contributed by atoms with van der Waals surface area (Å²) in [7, 11) is 0. The zero-order valence-electron chi connectivity index (χ0n) is 9.65. The molecule has 0 aliphatic carbocycles. The second-order valence-corrected chi connectivity index (χ2v) is 3.87. The molecule has 2 aromatic rings. The summed E-state index contributed by atoms with van der Waals surface area (Å²) >= 11 is 0. The summed E-state index contributed by atoms with van der Waals surface area (Å²) in [5, 5.41) is 11.1. The van der Waals surface area contributed by atoms with Crippen LogP contribution in [0.2, 0.25) is 0 Å². The van der Waals surface area contributed by atoms with Crippen molar-refractivity contribution >= 4 is 5.82 Å². The van der Waals surface area contributed by atoms with Gasteiger partial charge in [-0.25, -0.2) is 4.39 Å². The predicted molar refractivity (Wildman–Crippen MR) is 65.4 cm³/mol. The minimum Gasteiger partial charge on any atom is -0.368 e. The Balaban J connectivity index is 1.85. The van der Waals surface area contributed by atoms with Gasteiger partial charge in [0.15, 0.2) is 0 Å². The molecule has 0 aliphatic rings. The van der Waals surface area contributed by atoms with Crippen LogP contribution in [-0.2, 0) is 6.42 Å². The number of hydrogen-bond acceptors (Lipinski definition) is 3. The second kappa shape index (κ2) is 5.39. The maximum atomic E-state index is 12.9. The van der Waals surface area contributed by atoms with Crippen molar-refractivity contribution in [2.75, 3.05) is 11.9 Å². The van der Waals surface area contributed by atoms with E-state index in [9.17, 15) is 4.39 Å².